The van der Waals surface area contributed by atoms with Gasteiger partial charge in [0, 0.05) is 7.05 Å². The van der Waals surface area contributed by atoms with E-state index in [0.717, 1.165) is 12.2 Å². The van der Waals surface area contributed by atoms with Gasteiger partial charge in [-0.3, -0.25) is 9.48 Å². The minimum Gasteiger partial charge on any atom is -0.379 e. The molecule has 1 aromatic rings. The van der Waals surface area contributed by atoms with Crippen molar-refractivity contribution in [2.45, 2.75) is 33.2 Å². The lowest BCUT2D eigenvalue weighted by atomic mass is 9.87. The molecule has 1 aliphatic rings. The summed E-state index contributed by atoms with van der Waals surface area (Å²) in [6.07, 6.45) is 2.36. The molecule has 106 valence electrons. The van der Waals surface area contributed by atoms with Gasteiger partial charge in [0.05, 0.1) is 24.7 Å². The summed E-state index contributed by atoms with van der Waals surface area (Å²) >= 11 is 0. The molecular weight excluding hydrogens is 244 g/mol. The van der Waals surface area contributed by atoms with Crippen LogP contribution >= 0.6 is 0 Å². The van der Waals surface area contributed by atoms with Crippen LogP contribution in [0.15, 0.2) is 6.33 Å². The quantitative estimate of drug-likeness (QED) is 0.865. The van der Waals surface area contributed by atoms with Crippen LogP contribution in [-0.4, -0.2) is 33.9 Å². The second-order valence-electron chi connectivity index (χ2n) is 5.95. The van der Waals surface area contributed by atoms with Crippen molar-refractivity contribution in [2.75, 3.05) is 13.2 Å². The second-order valence-corrected chi connectivity index (χ2v) is 5.95. The molecule has 6 nitrogen and oxygen atoms in total. The lowest BCUT2D eigenvalue weighted by Crippen LogP contribution is -2.52. The van der Waals surface area contributed by atoms with E-state index in [2.05, 4.69) is 29.2 Å². The Morgan fingerprint density at radius 1 is 1.58 bits per heavy atom. The number of nitrogens with one attached hydrogen (secondary N) is 1. The Labute approximate surface area is 113 Å². The highest BCUT2D eigenvalue weighted by Gasteiger charge is 2.42. The number of aromatic nitrogens is 3. The van der Waals surface area contributed by atoms with E-state index in [0.29, 0.717) is 19.1 Å². The normalized spacial score (nSPS) is 19.0. The fourth-order valence-electron chi connectivity index (χ4n) is 2.19. The molecule has 1 aromatic heterocycles. The topological polar surface area (TPSA) is 69.0 Å². The van der Waals surface area contributed by atoms with Crippen molar-refractivity contribution in [1.29, 1.82) is 0 Å². The Morgan fingerprint density at radius 2 is 2.26 bits per heavy atom. The Kier molecular flexibility index (Phi) is 3.89. The average molecular weight is 266 g/mol. The van der Waals surface area contributed by atoms with Crippen LogP contribution in [-0.2, 0) is 16.6 Å². The molecule has 0 aromatic carbocycles. The molecule has 0 aliphatic carbocycles. The van der Waals surface area contributed by atoms with E-state index in [1.165, 1.54) is 6.33 Å². The Morgan fingerprint density at radius 3 is 2.68 bits per heavy atom. The Bertz CT molecular complexity index is 451. The molecule has 1 saturated heterocycles. The average Bonchev–Trinajstić information content (AvgIpc) is 2.70. The highest BCUT2D eigenvalue weighted by atomic mass is 16.5. The van der Waals surface area contributed by atoms with E-state index in [1.807, 2.05) is 14.0 Å². The number of ether oxygens (including phenoxy) is 1. The number of rotatable bonds is 5. The van der Waals surface area contributed by atoms with E-state index in [1.54, 1.807) is 4.68 Å². The van der Waals surface area contributed by atoms with Crippen molar-refractivity contribution in [2.24, 2.45) is 18.4 Å². The van der Waals surface area contributed by atoms with Gasteiger partial charge in [0.15, 0.2) is 0 Å². The zero-order valence-electron chi connectivity index (χ0n) is 12.0. The van der Waals surface area contributed by atoms with Crippen LogP contribution in [0.25, 0.3) is 0 Å². The first-order valence-corrected chi connectivity index (χ1v) is 6.65. The molecule has 2 heterocycles. The Balaban J connectivity index is 2.10. The molecule has 19 heavy (non-hydrogen) atoms. The first kappa shape index (κ1) is 14.0. The fourth-order valence-corrected chi connectivity index (χ4v) is 2.19. The monoisotopic (exact) mass is 266 g/mol. The SMILES string of the molecule is CC(C)C[C@H](NC(=O)C1(C)COC1)c1ncnn1C. The van der Waals surface area contributed by atoms with Gasteiger partial charge in [0.25, 0.3) is 0 Å². The van der Waals surface area contributed by atoms with E-state index < -0.39 is 5.41 Å². The summed E-state index contributed by atoms with van der Waals surface area (Å²) in [6, 6.07) is -0.0996. The predicted molar refractivity (Wildman–Crippen MR) is 70.3 cm³/mol. The van der Waals surface area contributed by atoms with Gasteiger partial charge in [-0.05, 0) is 19.3 Å². The van der Waals surface area contributed by atoms with Gasteiger partial charge in [-0.25, -0.2) is 4.98 Å². The molecule has 0 spiro atoms. The molecule has 1 atom stereocenters. The molecule has 6 heteroatoms. The van der Waals surface area contributed by atoms with Crippen molar-refractivity contribution in [3.63, 3.8) is 0 Å². The third-order valence-electron chi connectivity index (χ3n) is 3.46. The standard InChI is InChI=1S/C13H22N4O2/c1-9(2)5-10(11-14-8-15-17(11)4)16-12(18)13(3)6-19-7-13/h8-10H,5-7H2,1-4H3,(H,16,18)/t10-/m0/s1. The van der Waals surface area contributed by atoms with Crippen molar-refractivity contribution >= 4 is 5.91 Å². The van der Waals surface area contributed by atoms with Gasteiger partial charge in [0.1, 0.15) is 12.2 Å². The number of carbonyl (C=O) groups is 1. The first-order chi connectivity index (χ1) is 8.92. The van der Waals surface area contributed by atoms with Crippen LogP contribution in [0.3, 0.4) is 0 Å². The highest BCUT2D eigenvalue weighted by molar-refractivity contribution is 5.83. The van der Waals surface area contributed by atoms with Gasteiger partial charge in [-0.2, -0.15) is 5.10 Å². The summed E-state index contributed by atoms with van der Waals surface area (Å²) in [5, 5.41) is 7.17. The molecule has 0 saturated carbocycles. The number of hydrogen-bond donors (Lipinski definition) is 1. The van der Waals surface area contributed by atoms with Crippen molar-refractivity contribution < 1.29 is 9.53 Å². The molecule has 1 aliphatic heterocycles. The third-order valence-corrected chi connectivity index (χ3v) is 3.46. The van der Waals surface area contributed by atoms with Crippen LogP contribution in [0.5, 0.6) is 0 Å². The Hall–Kier alpha value is -1.43. The number of hydrogen-bond acceptors (Lipinski definition) is 4. The summed E-state index contributed by atoms with van der Waals surface area (Å²) in [7, 11) is 1.84. The van der Waals surface area contributed by atoms with E-state index in [9.17, 15) is 4.79 Å². The smallest absolute Gasteiger partial charge is 0.231 e. The molecule has 1 amide bonds. The predicted octanol–water partition coefficient (Wildman–Crippen LogP) is 1.05. The summed E-state index contributed by atoms with van der Waals surface area (Å²) in [5.74, 6) is 1.30. The highest BCUT2D eigenvalue weighted by Crippen LogP contribution is 2.28. The van der Waals surface area contributed by atoms with Gasteiger partial charge in [0.2, 0.25) is 5.91 Å². The summed E-state index contributed by atoms with van der Waals surface area (Å²) in [6.45, 7) is 7.17. The molecule has 0 unspecified atom stereocenters. The van der Waals surface area contributed by atoms with Crippen molar-refractivity contribution in [3.05, 3.63) is 12.2 Å². The second kappa shape index (κ2) is 5.28. The number of carbonyl (C=O) groups excluding carboxylic acids is 1. The molecule has 1 fully saturated rings. The van der Waals surface area contributed by atoms with E-state index in [-0.39, 0.29) is 11.9 Å². The van der Waals surface area contributed by atoms with Crippen molar-refractivity contribution in [1.82, 2.24) is 20.1 Å². The van der Waals surface area contributed by atoms with Crippen LogP contribution < -0.4 is 5.32 Å². The van der Waals surface area contributed by atoms with Gasteiger partial charge in [-0.1, -0.05) is 13.8 Å². The van der Waals surface area contributed by atoms with E-state index in [4.69, 9.17) is 4.74 Å². The zero-order valence-corrected chi connectivity index (χ0v) is 12.0. The summed E-state index contributed by atoms with van der Waals surface area (Å²) < 4.78 is 6.86. The fraction of sp³-hybridized carbons (Fsp3) is 0.769. The largest absolute Gasteiger partial charge is 0.379 e. The third kappa shape index (κ3) is 2.94. The van der Waals surface area contributed by atoms with Gasteiger partial charge < -0.3 is 10.1 Å². The molecule has 1 N–H and O–H groups in total. The zero-order chi connectivity index (χ0) is 14.0. The maximum atomic E-state index is 12.3. The molecule has 2 rings (SSSR count). The van der Waals surface area contributed by atoms with Crippen LogP contribution in [0, 0.1) is 11.3 Å². The molecule has 0 radical (unpaired) electrons. The molecule has 0 bridgehead atoms. The summed E-state index contributed by atoms with van der Waals surface area (Å²) in [5.41, 5.74) is -0.395. The molecular formula is C13H22N4O2. The maximum Gasteiger partial charge on any atom is 0.231 e. The number of amides is 1. The maximum absolute atomic E-state index is 12.3. The van der Waals surface area contributed by atoms with E-state index >= 15 is 0 Å². The van der Waals surface area contributed by atoms with Gasteiger partial charge in [-0.15, -0.1) is 0 Å². The lowest BCUT2D eigenvalue weighted by Gasteiger charge is -2.37. The minimum atomic E-state index is -0.395. The first-order valence-electron chi connectivity index (χ1n) is 6.65. The van der Waals surface area contributed by atoms with Crippen LogP contribution in [0.2, 0.25) is 0 Å². The van der Waals surface area contributed by atoms with Crippen LogP contribution in [0.4, 0.5) is 0 Å². The summed E-state index contributed by atoms with van der Waals surface area (Å²) in [4.78, 5) is 16.6. The number of aryl methyl sites for hydroxylation is 1. The van der Waals surface area contributed by atoms with Gasteiger partial charge >= 0.3 is 0 Å². The number of nitrogens with zero attached hydrogens (tertiary/aromatic N) is 3. The van der Waals surface area contributed by atoms with Crippen LogP contribution in [0.1, 0.15) is 39.1 Å². The van der Waals surface area contributed by atoms with Crippen molar-refractivity contribution in [3.8, 4) is 0 Å². The minimum absolute atomic E-state index is 0.0346. The lowest BCUT2D eigenvalue weighted by molar-refractivity contribution is -0.158.